The van der Waals surface area contributed by atoms with Gasteiger partial charge in [0.2, 0.25) is 0 Å². The highest BCUT2D eigenvalue weighted by atomic mass is 16.5. The third-order valence-corrected chi connectivity index (χ3v) is 2.65. The van der Waals surface area contributed by atoms with Crippen LogP contribution in [-0.4, -0.2) is 17.1 Å². The second kappa shape index (κ2) is 3.00. The van der Waals surface area contributed by atoms with Gasteiger partial charge in [-0.15, -0.1) is 0 Å². The Morgan fingerprint density at radius 3 is 3.08 bits per heavy atom. The Labute approximate surface area is 77.9 Å². The average Bonchev–Trinajstić information content (AvgIpc) is 2.74. The summed E-state index contributed by atoms with van der Waals surface area (Å²) in [7, 11) is 0. The first-order valence-corrected chi connectivity index (χ1v) is 4.52. The van der Waals surface area contributed by atoms with E-state index >= 15 is 0 Å². The number of ether oxygens (including phenoxy) is 1. The minimum atomic E-state index is -0.0875. The predicted octanol–water partition coefficient (Wildman–Crippen LogP) is 1.20. The van der Waals surface area contributed by atoms with Crippen molar-refractivity contribution in [3.05, 3.63) is 24.5 Å². The Kier molecular flexibility index (Phi) is 1.96. The van der Waals surface area contributed by atoms with E-state index in [2.05, 4.69) is 11.9 Å². The molecule has 1 aromatic rings. The number of rotatable bonds is 3. The van der Waals surface area contributed by atoms with Crippen LogP contribution in [0.3, 0.4) is 0 Å². The Bertz CT molecular complexity index is 288. The molecule has 0 aromatic carbocycles. The van der Waals surface area contributed by atoms with Crippen LogP contribution >= 0.6 is 0 Å². The quantitative estimate of drug-likeness (QED) is 0.756. The normalized spacial score (nSPS) is 31.4. The largest absolute Gasteiger partial charge is 0.490 e. The lowest BCUT2D eigenvalue weighted by atomic mass is 10.2. The lowest BCUT2D eigenvalue weighted by Crippen LogP contribution is -2.32. The molecule has 70 valence electrons. The highest BCUT2D eigenvalue weighted by Gasteiger charge is 2.48. The van der Waals surface area contributed by atoms with Crippen LogP contribution in [-0.2, 0) is 0 Å². The predicted molar refractivity (Wildman–Crippen MR) is 50.4 cm³/mol. The van der Waals surface area contributed by atoms with E-state index in [0.29, 0.717) is 12.5 Å². The zero-order valence-electron chi connectivity index (χ0n) is 7.73. The molecule has 13 heavy (non-hydrogen) atoms. The molecule has 2 rings (SSSR count). The molecule has 0 saturated heterocycles. The van der Waals surface area contributed by atoms with Crippen LogP contribution in [0.25, 0.3) is 0 Å². The summed E-state index contributed by atoms with van der Waals surface area (Å²) in [5.41, 5.74) is 5.91. The summed E-state index contributed by atoms with van der Waals surface area (Å²) in [6.45, 7) is 2.74. The molecule has 0 aliphatic heterocycles. The summed E-state index contributed by atoms with van der Waals surface area (Å²) >= 11 is 0. The summed E-state index contributed by atoms with van der Waals surface area (Å²) in [6.07, 6.45) is 4.49. The highest BCUT2D eigenvalue weighted by Crippen LogP contribution is 2.40. The third kappa shape index (κ3) is 1.80. The van der Waals surface area contributed by atoms with Gasteiger partial charge < -0.3 is 10.5 Å². The molecule has 2 N–H and O–H groups in total. The Morgan fingerprint density at radius 1 is 1.77 bits per heavy atom. The van der Waals surface area contributed by atoms with Gasteiger partial charge >= 0.3 is 0 Å². The molecule has 0 unspecified atom stereocenters. The molecule has 1 aliphatic carbocycles. The maximum absolute atomic E-state index is 5.99. The molecular weight excluding hydrogens is 164 g/mol. The average molecular weight is 178 g/mol. The number of hydrogen-bond donors (Lipinski definition) is 1. The van der Waals surface area contributed by atoms with Crippen molar-refractivity contribution in [3.8, 4) is 5.75 Å². The van der Waals surface area contributed by atoms with Crippen molar-refractivity contribution >= 4 is 0 Å². The van der Waals surface area contributed by atoms with Crippen molar-refractivity contribution in [2.45, 2.75) is 18.9 Å². The van der Waals surface area contributed by atoms with Crippen molar-refractivity contribution in [1.29, 1.82) is 0 Å². The Morgan fingerprint density at radius 2 is 2.54 bits per heavy atom. The zero-order chi connectivity index (χ0) is 9.31. The molecule has 3 nitrogen and oxygen atoms in total. The zero-order valence-corrected chi connectivity index (χ0v) is 7.73. The van der Waals surface area contributed by atoms with E-state index in [1.54, 1.807) is 12.4 Å². The maximum atomic E-state index is 5.99. The maximum Gasteiger partial charge on any atom is 0.137 e. The SMILES string of the molecule is C[C@@H]1C[C@]1(N)COc1cccnc1. The lowest BCUT2D eigenvalue weighted by Gasteiger charge is -2.11. The van der Waals surface area contributed by atoms with Gasteiger partial charge in [-0.25, -0.2) is 0 Å². The monoisotopic (exact) mass is 178 g/mol. The molecule has 0 spiro atoms. The van der Waals surface area contributed by atoms with E-state index in [1.807, 2.05) is 12.1 Å². The van der Waals surface area contributed by atoms with Crippen LogP contribution in [0.1, 0.15) is 13.3 Å². The molecule has 0 amide bonds. The standard InChI is InChI=1S/C10H14N2O/c1-8-5-10(8,11)7-13-9-3-2-4-12-6-9/h2-4,6,8H,5,7,11H2,1H3/t8-,10+/m1/s1. The van der Waals surface area contributed by atoms with Crippen molar-refractivity contribution < 1.29 is 4.74 Å². The number of pyridine rings is 1. The molecule has 1 saturated carbocycles. The first-order chi connectivity index (χ1) is 6.21. The smallest absolute Gasteiger partial charge is 0.137 e. The van der Waals surface area contributed by atoms with Gasteiger partial charge in [-0.3, -0.25) is 4.98 Å². The fraction of sp³-hybridized carbons (Fsp3) is 0.500. The molecule has 1 heterocycles. The summed E-state index contributed by atoms with van der Waals surface area (Å²) in [5.74, 6) is 1.38. The van der Waals surface area contributed by atoms with Gasteiger partial charge in [0.1, 0.15) is 12.4 Å². The molecule has 1 aliphatic rings. The summed E-state index contributed by atoms with van der Waals surface area (Å²) < 4.78 is 5.52. The molecule has 0 radical (unpaired) electrons. The van der Waals surface area contributed by atoms with Crippen LogP contribution in [0.4, 0.5) is 0 Å². The van der Waals surface area contributed by atoms with E-state index in [4.69, 9.17) is 10.5 Å². The first kappa shape index (κ1) is 8.51. The van der Waals surface area contributed by atoms with Crippen LogP contribution < -0.4 is 10.5 Å². The van der Waals surface area contributed by atoms with E-state index < -0.39 is 0 Å². The van der Waals surface area contributed by atoms with Gasteiger partial charge in [0.05, 0.1) is 11.7 Å². The van der Waals surface area contributed by atoms with Crippen LogP contribution in [0, 0.1) is 5.92 Å². The fourth-order valence-corrected chi connectivity index (χ4v) is 1.36. The second-order valence-corrected chi connectivity index (χ2v) is 3.82. The van der Waals surface area contributed by atoms with Gasteiger partial charge in [-0.2, -0.15) is 0 Å². The molecule has 2 atom stereocenters. The highest BCUT2D eigenvalue weighted by molar-refractivity contribution is 5.17. The van der Waals surface area contributed by atoms with Gasteiger partial charge in [-0.05, 0) is 24.5 Å². The van der Waals surface area contributed by atoms with Crippen molar-refractivity contribution in [2.24, 2.45) is 11.7 Å². The van der Waals surface area contributed by atoms with Gasteiger partial charge in [0.25, 0.3) is 0 Å². The third-order valence-electron chi connectivity index (χ3n) is 2.65. The van der Waals surface area contributed by atoms with E-state index in [1.165, 1.54) is 0 Å². The summed E-state index contributed by atoms with van der Waals surface area (Å²) in [6, 6.07) is 3.75. The van der Waals surface area contributed by atoms with Gasteiger partial charge in [0, 0.05) is 6.20 Å². The van der Waals surface area contributed by atoms with Crippen molar-refractivity contribution in [1.82, 2.24) is 4.98 Å². The van der Waals surface area contributed by atoms with Gasteiger partial charge in [0.15, 0.2) is 0 Å². The van der Waals surface area contributed by atoms with Crippen LogP contribution in [0.2, 0.25) is 0 Å². The molecule has 1 aromatic heterocycles. The first-order valence-electron chi connectivity index (χ1n) is 4.52. The van der Waals surface area contributed by atoms with Crippen molar-refractivity contribution in [2.75, 3.05) is 6.61 Å². The minimum absolute atomic E-state index is 0.0875. The Hall–Kier alpha value is -1.09. The number of hydrogen-bond acceptors (Lipinski definition) is 3. The Balaban J connectivity index is 1.87. The minimum Gasteiger partial charge on any atom is -0.490 e. The topological polar surface area (TPSA) is 48.1 Å². The van der Waals surface area contributed by atoms with E-state index in [-0.39, 0.29) is 5.54 Å². The fourth-order valence-electron chi connectivity index (χ4n) is 1.36. The number of nitrogens with two attached hydrogens (primary N) is 1. The summed E-state index contributed by atoms with van der Waals surface area (Å²) in [4.78, 5) is 3.96. The molecular formula is C10H14N2O. The van der Waals surface area contributed by atoms with Crippen LogP contribution in [0.5, 0.6) is 5.75 Å². The van der Waals surface area contributed by atoms with E-state index in [0.717, 1.165) is 12.2 Å². The number of nitrogens with zero attached hydrogens (tertiary/aromatic N) is 1. The molecule has 1 fully saturated rings. The molecule has 0 bridgehead atoms. The second-order valence-electron chi connectivity index (χ2n) is 3.82. The number of aromatic nitrogens is 1. The molecule has 3 heteroatoms. The lowest BCUT2D eigenvalue weighted by molar-refractivity contribution is 0.270. The van der Waals surface area contributed by atoms with E-state index in [9.17, 15) is 0 Å². The van der Waals surface area contributed by atoms with Crippen LogP contribution in [0.15, 0.2) is 24.5 Å². The summed E-state index contributed by atoms with van der Waals surface area (Å²) in [5, 5.41) is 0. The van der Waals surface area contributed by atoms with Crippen molar-refractivity contribution in [3.63, 3.8) is 0 Å². The van der Waals surface area contributed by atoms with Gasteiger partial charge in [-0.1, -0.05) is 6.92 Å².